The van der Waals surface area contributed by atoms with Gasteiger partial charge in [-0.25, -0.2) is 0 Å². The van der Waals surface area contributed by atoms with Gasteiger partial charge in [-0.2, -0.15) is 10.2 Å². The van der Waals surface area contributed by atoms with Crippen LogP contribution in [0, 0.1) is 13.8 Å². The third-order valence-corrected chi connectivity index (χ3v) is 12.9. The molecule has 378 valence electrons. The van der Waals surface area contributed by atoms with Crippen LogP contribution in [0.3, 0.4) is 0 Å². The van der Waals surface area contributed by atoms with E-state index in [0.717, 1.165) is 48.1 Å². The van der Waals surface area contributed by atoms with Crippen molar-refractivity contribution in [3.8, 4) is 34.3 Å². The first-order chi connectivity index (χ1) is 33.1. The van der Waals surface area contributed by atoms with Gasteiger partial charge < -0.3 is 40.6 Å². The van der Waals surface area contributed by atoms with Gasteiger partial charge in [-0.1, -0.05) is 66.0 Å². The second-order valence-electron chi connectivity index (χ2n) is 15.6. The molecule has 0 radical (unpaired) electrons. The number of rotatable bonds is 10. The molecule has 2 aromatic carbocycles. The van der Waals surface area contributed by atoms with Gasteiger partial charge in [0.2, 0.25) is 11.8 Å². The van der Waals surface area contributed by atoms with Crippen LogP contribution >= 0.6 is 58.0 Å². The summed E-state index contributed by atoms with van der Waals surface area (Å²) in [6.45, 7) is 12.1. The van der Waals surface area contributed by atoms with Gasteiger partial charge in [0.05, 0.1) is 57.1 Å². The Morgan fingerprint density at radius 2 is 1.22 bits per heavy atom. The van der Waals surface area contributed by atoms with Crippen LogP contribution in [0.2, 0.25) is 20.1 Å². The molecule has 6 heterocycles. The van der Waals surface area contributed by atoms with Crippen molar-refractivity contribution in [3.05, 3.63) is 117 Å². The molecule has 1 N–H and O–H groups in total. The smallest absolute Gasteiger partial charge is 1.00 e. The SMILES string of the molecule is C.COc1cc(N2CCN(C(=O)CCl)[C@@H](C)C2)ccc1Cl.COc1cc(N2CCN(C(=O)Cn3nc(-c4ccccn4)c(Cl)c3C)[C@@H](C)C2)ccc1Cl.Cc1[nH]nc(-c2ccccn2)c1Cl.O=CO[O-].[H-].[K+].[K+]. The van der Waals surface area contributed by atoms with Crippen LogP contribution in [0.4, 0.5) is 11.4 Å². The summed E-state index contributed by atoms with van der Waals surface area (Å²) in [5.41, 5.74) is 6.47. The maximum atomic E-state index is 13.1. The number of pyridine rings is 2. The topological polar surface area (TPSA) is 187 Å². The zero-order valence-corrected chi connectivity index (χ0v) is 50.8. The number of halogens is 5. The molecule has 2 saturated heterocycles. The number of alkyl halides is 1. The monoisotopic (exact) mass is 1140 g/mol. The first-order valence-electron chi connectivity index (χ1n) is 21.5. The summed E-state index contributed by atoms with van der Waals surface area (Å²) in [6.07, 6.45) is 3.41. The summed E-state index contributed by atoms with van der Waals surface area (Å²) in [5, 5.41) is 22.2. The first-order valence-corrected chi connectivity index (χ1v) is 23.5. The third-order valence-electron chi connectivity index (χ3n) is 11.2. The number of carbonyl (C=O) groups is 3. The van der Waals surface area contributed by atoms with E-state index in [0.29, 0.717) is 68.3 Å². The minimum Gasteiger partial charge on any atom is -1.00 e. The normalized spacial score (nSPS) is 14.7. The largest absolute Gasteiger partial charge is 1.00 e. The van der Waals surface area contributed by atoms with Gasteiger partial charge in [0.15, 0.2) is 0 Å². The minimum absolute atomic E-state index is 0. The molecular weight excluding hydrogens is 1080 g/mol. The number of aromatic nitrogens is 6. The first kappa shape index (κ1) is 65.6. The van der Waals surface area contributed by atoms with Crippen molar-refractivity contribution in [1.82, 2.24) is 39.7 Å². The van der Waals surface area contributed by atoms with Gasteiger partial charge in [0.1, 0.15) is 35.3 Å². The number of methoxy groups -OCH3 is 2. The number of nitrogens with zero attached hydrogens (tertiary/aromatic N) is 9. The molecule has 0 saturated carbocycles. The number of ether oxygens (including phenoxy) is 2. The van der Waals surface area contributed by atoms with Crippen molar-refractivity contribution in [2.24, 2.45) is 0 Å². The minimum atomic E-state index is -0.181. The van der Waals surface area contributed by atoms with E-state index in [1.807, 2.05) is 103 Å². The van der Waals surface area contributed by atoms with E-state index in [9.17, 15) is 9.59 Å². The fourth-order valence-corrected chi connectivity index (χ4v) is 8.50. The molecule has 0 aliphatic carbocycles. The molecule has 17 nitrogen and oxygen atoms in total. The summed E-state index contributed by atoms with van der Waals surface area (Å²) < 4.78 is 12.2. The summed E-state index contributed by atoms with van der Waals surface area (Å²) in [6, 6.07) is 22.9. The summed E-state index contributed by atoms with van der Waals surface area (Å²) in [5.74, 6) is 1.35. The summed E-state index contributed by atoms with van der Waals surface area (Å²) >= 11 is 30.3. The number of aryl methyl sites for hydroxylation is 1. The summed E-state index contributed by atoms with van der Waals surface area (Å²) in [4.78, 5) is 52.8. The average molecular weight is 1140 g/mol. The van der Waals surface area contributed by atoms with Gasteiger partial charge >= 0.3 is 103 Å². The fraction of sp³-hybridized carbons (Fsp3) is 0.354. The van der Waals surface area contributed by atoms with Crippen molar-refractivity contribution in [3.63, 3.8) is 0 Å². The van der Waals surface area contributed by atoms with Crippen molar-refractivity contribution < 1.29 is 138 Å². The van der Waals surface area contributed by atoms with E-state index in [1.54, 1.807) is 31.3 Å². The van der Waals surface area contributed by atoms with E-state index < -0.39 is 0 Å². The Balaban J connectivity index is 0.000000557. The molecular formula is C48H57Cl5K2N10O7. The van der Waals surface area contributed by atoms with Crippen molar-refractivity contribution in [2.75, 3.05) is 69.2 Å². The number of nitrogens with one attached hydrogen (secondary N) is 1. The van der Waals surface area contributed by atoms with E-state index in [1.165, 1.54) is 0 Å². The second-order valence-corrected chi connectivity index (χ2v) is 17.4. The van der Waals surface area contributed by atoms with E-state index in [-0.39, 0.29) is 154 Å². The van der Waals surface area contributed by atoms with Crippen LogP contribution in [-0.2, 0) is 25.8 Å². The molecule has 2 fully saturated rings. The van der Waals surface area contributed by atoms with Gasteiger partial charge in [-0.05, 0) is 76.2 Å². The van der Waals surface area contributed by atoms with Crippen LogP contribution in [0.1, 0.15) is 34.1 Å². The Bertz CT molecular complexity index is 2650. The Morgan fingerprint density at radius 1 is 0.750 bits per heavy atom. The van der Waals surface area contributed by atoms with E-state index in [4.69, 9.17) is 77.5 Å². The predicted molar refractivity (Wildman–Crippen MR) is 275 cm³/mol. The molecule has 0 bridgehead atoms. The molecule has 0 spiro atoms. The molecule has 2 aliphatic heterocycles. The average Bonchev–Trinajstić information content (AvgIpc) is 3.86. The molecule has 8 rings (SSSR count). The number of amides is 2. The number of piperazine rings is 2. The molecule has 72 heavy (non-hydrogen) atoms. The van der Waals surface area contributed by atoms with Crippen LogP contribution in [0.5, 0.6) is 11.5 Å². The van der Waals surface area contributed by atoms with Gasteiger partial charge in [-0.3, -0.25) is 34.1 Å². The van der Waals surface area contributed by atoms with Crippen molar-refractivity contribution >= 4 is 87.7 Å². The quantitative estimate of drug-likeness (QED) is 0.0695. The second kappa shape index (κ2) is 32.8. The molecule has 24 heteroatoms. The van der Waals surface area contributed by atoms with Gasteiger partial charge in [0.25, 0.3) is 6.47 Å². The van der Waals surface area contributed by atoms with Crippen molar-refractivity contribution in [2.45, 2.75) is 53.8 Å². The van der Waals surface area contributed by atoms with Crippen LogP contribution in [0.25, 0.3) is 22.8 Å². The van der Waals surface area contributed by atoms with Gasteiger partial charge in [0, 0.05) is 87.3 Å². The van der Waals surface area contributed by atoms with Crippen molar-refractivity contribution in [1.29, 1.82) is 0 Å². The molecule has 6 aromatic rings. The number of anilines is 2. The zero-order valence-electron chi connectivity index (χ0n) is 41.7. The number of carbonyl (C=O) groups excluding carboxylic acids is 3. The van der Waals surface area contributed by atoms with E-state index >= 15 is 0 Å². The number of benzene rings is 2. The Kier molecular flexibility index (Phi) is 29.9. The molecule has 0 unspecified atom stereocenters. The number of H-pyrrole nitrogens is 1. The summed E-state index contributed by atoms with van der Waals surface area (Å²) in [7, 11) is 3.21. The van der Waals surface area contributed by atoms with Gasteiger partial charge in [-0.15, -0.1) is 11.6 Å². The maximum absolute atomic E-state index is 13.1. The third kappa shape index (κ3) is 17.8. The maximum Gasteiger partial charge on any atom is 1.00 e. The molecule has 2 atom stereocenters. The number of hydrogen-bond donors (Lipinski definition) is 1. The Labute approximate surface area is 532 Å². The number of aromatic amines is 1. The number of hydrogen-bond acceptors (Lipinski definition) is 13. The predicted octanol–water partition coefficient (Wildman–Crippen LogP) is 2.56. The Hall–Kier alpha value is -2.55. The van der Waals surface area contributed by atoms with Crippen LogP contribution in [0.15, 0.2) is 85.2 Å². The van der Waals surface area contributed by atoms with E-state index in [2.05, 4.69) is 46.9 Å². The van der Waals surface area contributed by atoms with Crippen LogP contribution in [-0.4, -0.2) is 129 Å². The molecule has 4 aromatic heterocycles. The Morgan fingerprint density at radius 3 is 1.61 bits per heavy atom. The van der Waals surface area contributed by atoms with Crippen LogP contribution < -0.4 is 127 Å². The fourth-order valence-electron chi connectivity index (χ4n) is 7.54. The molecule has 2 amide bonds. The standard InChI is InChI=1S/C23H25Cl2N5O2.C14H18Cl2N2O2.C9H8ClN3.CH2O3.CH4.2K.H/c1-15-13-28(17-7-8-18(24)20(12-17)32-3)10-11-29(15)21(31)14-30-16(2)22(25)23(27-30)19-6-4-5-9-26-19;1-10-9-17(5-6-18(10)14(19)8-15)11-3-4-12(16)13(7-11)20-2;1-6-8(10)9(13-12-6)7-4-2-3-5-11-7;2-1-4-3;;;;/h4-9,12,15H,10-11,13-14H2,1-3H3;3-4,7,10H,5-6,8-9H2,1-2H3;2-5H,1H3,(H,12,13);1,3H;1H4;;;/q;;;;;2*+1;-1/p-1/t15-;10-;;;;;;/m00....../s1. The zero-order chi connectivity index (χ0) is 50.2. The molecule has 2 aliphatic rings.